The Bertz CT molecular complexity index is 1250. The van der Waals surface area contributed by atoms with Crippen LogP contribution in [0.5, 0.6) is 0 Å². The fraction of sp³-hybridized carbons (Fsp3) is 0.345. The highest BCUT2D eigenvalue weighted by molar-refractivity contribution is 8.16. The van der Waals surface area contributed by atoms with Crippen LogP contribution < -0.4 is 5.32 Å². The third-order valence-corrected chi connectivity index (χ3v) is 7.40. The first-order valence-corrected chi connectivity index (χ1v) is 13.2. The number of carbonyl (C=O) groups is 2. The van der Waals surface area contributed by atoms with Crippen molar-refractivity contribution in [3.63, 3.8) is 0 Å². The number of carbonyl (C=O) groups excluding carboxylic acids is 2. The number of esters is 1. The second-order valence-corrected chi connectivity index (χ2v) is 10.2. The SMILES string of the molecule is CC[C@H](C)NC(=O)CC1=CSC2=NC(C)=C(C(=O)OCc3ccccc3)[C@@H](c3ccc(C)cc3C)N12. The highest BCUT2D eigenvalue weighted by Crippen LogP contribution is 2.45. The van der Waals surface area contributed by atoms with Gasteiger partial charge in [-0.2, -0.15) is 0 Å². The Morgan fingerprint density at radius 1 is 1.14 bits per heavy atom. The predicted molar refractivity (Wildman–Crippen MR) is 145 cm³/mol. The molecule has 0 saturated carbocycles. The number of aliphatic imine (C=N–C) groups is 1. The highest BCUT2D eigenvalue weighted by atomic mass is 32.2. The Kier molecular flexibility index (Phi) is 7.99. The summed E-state index contributed by atoms with van der Waals surface area (Å²) in [7, 11) is 0. The van der Waals surface area contributed by atoms with Crippen LogP contribution >= 0.6 is 11.8 Å². The molecule has 2 aromatic rings. The van der Waals surface area contributed by atoms with Crippen LogP contribution in [0.2, 0.25) is 0 Å². The van der Waals surface area contributed by atoms with Gasteiger partial charge in [-0.15, -0.1) is 0 Å². The molecular weight excluding hydrogens is 470 g/mol. The van der Waals surface area contributed by atoms with Crippen LogP contribution in [0.1, 0.15) is 61.9 Å². The van der Waals surface area contributed by atoms with Gasteiger partial charge in [0.1, 0.15) is 6.61 Å². The zero-order valence-electron chi connectivity index (χ0n) is 21.5. The minimum Gasteiger partial charge on any atom is -0.457 e. The lowest BCUT2D eigenvalue weighted by Gasteiger charge is -2.37. The summed E-state index contributed by atoms with van der Waals surface area (Å²) >= 11 is 1.48. The van der Waals surface area contributed by atoms with Crippen molar-refractivity contribution in [3.05, 3.63) is 93.2 Å². The van der Waals surface area contributed by atoms with E-state index < -0.39 is 12.0 Å². The van der Waals surface area contributed by atoms with Crippen molar-refractivity contribution in [2.24, 2.45) is 4.99 Å². The Morgan fingerprint density at radius 3 is 2.58 bits per heavy atom. The molecule has 36 heavy (non-hydrogen) atoms. The van der Waals surface area contributed by atoms with Crippen LogP contribution in [-0.2, 0) is 20.9 Å². The van der Waals surface area contributed by atoms with Crippen LogP contribution in [0.4, 0.5) is 0 Å². The highest BCUT2D eigenvalue weighted by Gasteiger charge is 2.41. The Balaban J connectivity index is 1.69. The standard InChI is InChI=1S/C29H33N3O3S/c1-6-20(4)30-25(33)15-23-17-36-29-31-21(5)26(28(34)35-16-22-10-8-7-9-11-22)27(32(23)29)24-13-12-18(2)14-19(24)3/h7-14,17,20,27H,6,15-16H2,1-5H3,(H,30,33)/t20-,27+/m0/s1. The molecular formula is C29H33N3O3S. The second-order valence-electron chi connectivity index (χ2n) is 9.37. The number of rotatable bonds is 8. The quantitative estimate of drug-likeness (QED) is 0.452. The molecule has 7 heteroatoms. The molecule has 1 N–H and O–H groups in total. The zero-order chi connectivity index (χ0) is 25.8. The van der Waals surface area contributed by atoms with E-state index >= 15 is 0 Å². The molecule has 0 aliphatic carbocycles. The third-order valence-electron chi connectivity index (χ3n) is 6.51. The molecule has 2 heterocycles. The summed E-state index contributed by atoms with van der Waals surface area (Å²) in [5.41, 5.74) is 6.09. The summed E-state index contributed by atoms with van der Waals surface area (Å²) in [6.07, 6.45) is 1.07. The lowest BCUT2D eigenvalue weighted by Crippen LogP contribution is -2.39. The van der Waals surface area contributed by atoms with E-state index in [0.717, 1.165) is 39.5 Å². The van der Waals surface area contributed by atoms with Crippen molar-refractivity contribution >= 4 is 28.8 Å². The van der Waals surface area contributed by atoms with Gasteiger partial charge in [-0.1, -0.05) is 72.8 Å². The molecule has 188 valence electrons. The van der Waals surface area contributed by atoms with Gasteiger partial charge in [-0.3, -0.25) is 4.79 Å². The lowest BCUT2D eigenvalue weighted by atomic mass is 9.90. The number of benzene rings is 2. The van der Waals surface area contributed by atoms with Gasteiger partial charge in [-0.25, -0.2) is 9.79 Å². The first-order valence-electron chi connectivity index (χ1n) is 12.3. The molecule has 0 fully saturated rings. The first kappa shape index (κ1) is 25.8. The maximum absolute atomic E-state index is 13.6. The van der Waals surface area contributed by atoms with Crippen molar-refractivity contribution in [2.45, 2.75) is 66.2 Å². The molecule has 2 aliphatic rings. The number of aryl methyl sites for hydroxylation is 2. The molecule has 0 saturated heterocycles. The fourth-order valence-corrected chi connectivity index (χ4v) is 5.41. The van der Waals surface area contributed by atoms with Gasteiger partial charge < -0.3 is 15.0 Å². The second kappa shape index (κ2) is 11.2. The summed E-state index contributed by atoms with van der Waals surface area (Å²) < 4.78 is 5.79. The van der Waals surface area contributed by atoms with E-state index in [0.29, 0.717) is 11.3 Å². The summed E-state index contributed by atoms with van der Waals surface area (Å²) in [6.45, 7) is 10.2. The van der Waals surface area contributed by atoms with Crippen molar-refractivity contribution in [1.82, 2.24) is 10.2 Å². The molecule has 0 bridgehead atoms. The monoisotopic (exact) mass is 503 g/mol. The number of amides is 1. The largest absolute Gasteiger partial charge is 0.457 e. The van der Waals surface area contributed by atoms with Gasteiger partial charge in [0.2, 0.25) is 5.91 Å². The number of thioether (sulfide) groups is 1. The molecule has 2 aliphatic heterocycles. The van der Waals surface area contributed by atoms with Crippen molar-refractivity contribution in [2.75, 3.05) is 0 Å². The Labute approximate surface area is 217 Å². The van der Waals surface area contributed by atoms with E-state index in [9.17, 15) is 9.59 Å². The number of hydrogen-bond acceptors (Lipinski definition) is 6. The number of nitrogens with one attached hydrogen (secondary N) is 1. The van der Waals surface area contributed by atoms with Crippen LogP contribution in [0, 0.1) is 13.8 Å². The van der Waals surface area contributed by atoms with E-state index in [-0.39, 0.29) is 25.0 Å². The van der Waals surface area contributed by atoms with Gasteiger partial charge in [0, 0.05) is 11.7 Å². The van der Waals surface area contributed by atoms with Gasteiger partial charge in [0.15, 0.2) is 5.17 Å². The van der Waals surface area contributed by atoms with Crippen LogP contribution in [0.3, 0.4) is 0 Å². The Hall–Kier alpha value is -3.32. The van der Waals surface area contributed by atoms with Gasteiger partial charge in [0.05, 0.1) is 23.7 Å². The number of fused-ring (bicyclic) bond motifs is 1. The number of amidine groups is 1. The van der Waals surface area contributed by atoms with E-state index in [2.05, 4.69) is 37.4 Å². The van der Waals surface area contributed by atoms with Gasteiger partial charge in [-0.05, 0) is 56.2 Å². The molecule has 1 amide bonds. The van der Waals surface area contributed by atoms with Gasteiger partial charge >= 0.3 is 5.97 Å². The van der Waals surface area contributed by atoms with Gasteiger partial charge in [0.25, 0.3) is 0 Å². The summed E-state index contributed by atoms with van der Waals surface area (Å²) in [4.78, 5) is 33.2. The lowest BCUT2D eigenvalue weighted by molar-refractivity contribution is -0.141. The minimum absolute atomic E-state index is 0.0451. The maximum atomic E-state index is 13.6. The number of hydrogen-bond donors (Lipinski definition) is 1. The summed E-state index contributed by atoms with van der Waals surface area (Å²) in [5, 5.41) is 5.78. The maximum Gasteiger partial charge on any atom is 0.338 e. The Morgan fingerprint density at radius 2 is 1.89 bits per heavy atom. The van der Waals surface area contributed by atoms with Crippen LogP contribution in [0.25, 0.3) is 0 Å². The molecule has 2 atom stereocenters. The van der Waals surface area contributed by atoms with Crippen molar-refractivity contribution in [3.8, 4) is 0 Å². The van der Waals surface area contributed by atoms with Crippen LogP contribution in [0.15, 0.2) is 75.9 Å². The average Bonchev–Trinajstić information content (AvgIpc) is 3.24. The number of ether oxygens (including phenoxy) is 1. The predicted octanol–water partition coefficient (Wildman–Crippen LogP) is 5.93. The third kappa shape index (κ3) is 5.57. The van der Waals surface area contributed by atoms with Crippen molar-refractivity contribution < 1.29 is 14.3 Å². The van der Waals surface area contributed by atoms with E-state index in [4.69, 9.17) is 9.73 Å². The first-order chi connectivity index (χ1) is 17.3. The molecule has 2 aromatic carbocycles. The molecule has 0 unspecified atom stereocenters. The summed E-state index contributed by atoms with van der Waals surface area (Å²) in [5.74, 6) is -0.444. The zero-order valence-corrected chi connectivity index (χ0v) is 22.3. The van der Waals surface area contributed by atoms with E-state index in [1.807, 2.05) is 61.4 Å². The smallest absolute Gasteiger partial charge is 0.338 e. The molecule has 4 rings (SSSR count). The molecule has 0 spiro atoms. The average molecular weight is 504 g/mol. The normalized spacial score (nSPS) is 17.8. The fourth-order valence-electron chi connectivity index (χ4n) is 4.45. The topological polar surface area (TPSA) is 71.0 Å². The van der Waals surface area contributed by atoms with E-state index in [1.54, 1.807) is 0 Å². The minimum atomic E-state index is -0.431. The summed E-state index contributed by atoms with van der Waals surface area (Å²) in [6, 6.07) is 15.5. The molecule has 6 nitrogen and oxygen atoms in total. The number of allylic oxidation sites excluding steroid dienone is 1. The molecule has 0 radical (unpaired) electrons. The van der Waals surface area contributed by atoms with E-state index in [1.165, 1.54) is 11.8 Å². The van der Waals surface area contributed by atoms with Crippen LogP contribution in [-0.4, -0.2) is 28.0 Å². The molecule has 0 aromatic heterocycles. The van der Waals surface area contributed by atoms with Crippen molar-refractivity contribution in [1.29, 1.82) is 0 Å². The number of nitrogens with zero attached hydrogens (tertiary/aromatic N) is 2.